The Bertz CT molecular complexity index is 2070. The molecule has 3 heterocycles. The van der Waals surface area contributed by atoms with Crippen molar-refractivity contribution in [2.75, 3.05) is 44.1 Å². The summed E-state index contributed by atoms with van der Waals surface area (Å²) in [4.78, 5) is 46.2. The number of carbonyl (C=O) groups is 3. The summed E-state index contributed by atoms with van der Waals surface area (Å²) in [5.41, 5.74) is 2.33. The topological polar surface area (TPSA) is 130 Å². The van der Waals surface area contributed by atoms with Crippen molar-refractivity contribution >= 4 is 42.4 Å². The van der Waals surface area contributed by atoms with Crippen molar-refractivity contribution in [3.8, 4) is 11.5 Å². The van der Waals surface area contributed by atoms with E-state index in [1.165, 1.54) is 0 Å². The molecular formula is C45H54N4O7Si. The molecule has 4 aromatic carbocycles. The summed E-state index contributed by atoms with van der Waals surface area (Å²) < 4.78 is 18.5. The van der Waals surface area contributed by atoms with E-state index in [0.717, 1.165) is 47.1 Å². The van der Waals surface area contributed by atoms with Gasteiger partial charge in [0.2, 0.25) is 11.8 Å². The standard InChI is InChI=1S/C45H54N4O7Si/c1-30-42(57(4,5)36-19-16-34(54-2)17-20-36)40(27-41(51)48(23-24-50)28-31-11-7-6-8-12-31)56-45(30)37-26-35(55-3)18-21-39(37)49(44(45)53)29-32-13-9-14-33(25-32)47-43(52)38-15-10-22-46-38/h6-9,11-14,16-21,25-26,30,38,40,42,46,50H,10,15,22-24,27-29H2,1-5H3,(H,47,52)/t30-,38+,40+,42-,45+/m0/s1. The largest absolute Gasteiger partial charge is 0.497 e. The second-order valence-electron chi connectivity index (χ2n) is 16.0. The van der Waals surface area contributed by atoms with E-state index >= 15 is 4.79 Å². The van der Waals surface area contributed by atoms with Gasteiger partial charge in [0.1, 0.15) is 11.5 Å². The lowest BCUT2D eigenvalue weighted by Crippen LogP contribution is -2.52. The van der Waals surface area contributed by atoms with Gasteiger partial charge >= 0.3 is 0 Å². The summed E-state index contributed by atoms with van der Waals surface area (Å²) in [6.45, 7) is 8.09. The monoisotopic (exact) mass is 790 g/mol. The van der Waals surface area contributed by atoms with Crippen molar-refractivity contribution in [3.05, 3.63) is 114 Å². The number of benzene rings is 4. The second kappa shape index (κ2) is 16.8. The third kappa shape index (κ3) is 7.83. The van der Waals surface area contributed by atoms with Gasteiger partial charge in [-0.1, -0.05) is 79.8 Å². The molecule has 11 nitrogen and oxygen atoms in total. The molecule has 0 aromatic heterocycles. The van der Waals surface area contributed by atoms with Crippen molar-refractivity contribution < 1.29 is 33.7 Å². The number of ether oxygens (including phenoxy) is 3. The van der Waals surface area contributed by atoms with Gasteiger partial charge in [-0.05, 0) is 78.5 Å². The number of nitrogens with zero attached hydrogens (tertiary/aromatic N) is 2. The van der Waals surface area contributed by atoms with Crippen molar-refractivity contribution in [1.82, 2.24) is 10.2 Å². The minimum absolute atomic E-state index is 0.0420. The molecular weight excluding hydrogens is 737 g/mol. The van der Waals surface area contributed by atoms with E-state index in [1.807, 2.05) is 84.9 Å². The van der Waals surface area contributed by atoms with Crippen LogP contribution in [0.25, 0.3) is 0 Å². The van der Waals surface area contributed by atoms with E-state index in [4.69, 9.17) is 14.2 Å². The number of methoxy groups -OCH3 is 2. The lowest BCUT2D eigenvalue weighted by atomic mass is 9.82. The maximum absolute atomic E-state index is 15.4. The first-order valence-electron chi connectivity index (χ1n) is 19.9. The van der Waals surface area contributed by atoms with Crippen LogP contribution in [0.15, 0.2) is 97.1 Å². The minimum atomic E-state index is -2.55. The number of anilines is 2. The van der Waals surface area contributed by atoms with Crippen LogP contribution in [-0.2, 0) is 37.8 Å². The van der Waals surface area contributed by atoms with E-state index in [-0.39, 0.29) is 61.3 Å². The summed E-state index contributed by atoms with van der Waals surface area (Å²) >= 11 is 0. The van der Waals surface area contributed by atoms with E-state index in [1.54, 1.807) is 24.0 Å². The number of fused-ring (bicyclic) bond motifs is 2. The van der Waals surface area contributed by atoms with Crippen LogP contribution < -0.4 is 30.2 Å². The molecule has 2 fully saturated rings. The summed E-state index contributed by atoms with van der Waals surface area (Å²) in [7, 11) is 0.705. The zero-order valence-corrected chi connectivity index (χ0v) is 34.5. The average molecular weight is 791 g/mol. The Hall–Kier alpha value is -5.01. The van der Waals surface area contributed by atoms with Crippen molar-refractivity contribution in [1.29, 1.82) is 0 Å². The number of hydrogen-bond acceptors (Lipinski definition) is 8. The van der Waals surface area contributed by atoms with Gasteiger partial charge in [0.05, 0.1) is 59.7 Å². The normalized spacial score (nSPS) is 22.8. The molecule has 12 heteroatoms. The molecule has 3 amide bonds. The molecule has 4 aromatic rings. The number of nitrogens with one attached hydrogen (secondary N) is 2. The van der Waals surface area contributed by atoms with Gasteiger partial charge in [0.25, 0.3) is 5.91 Å². The number of amides is 3. The van der Waals surface area contributed by atoms with Crippen LogP contribution >= 0.6 is 0 Å². The first-order chi connectivity index (χ1) is 27.5. The highest BCUT2D eigenvalue weighted by Gasteiger charge is 2.66. The quantitative estimate of drug-likeness (QED) is 0.142. The zero-order valence-electron chi connectivity index (χ0n) is 33.5. The Morgan fingerprint density at radius 3 is 2.37 bits per heavy atom. The van der Waals surface area contributed by atoms with Crippen LogP contribution in [0, 0.1) is 5.92 Å². The first kappa shape index (κ1) is 40.2. The molecule has 3 N–H and O–H groups in total. The molecule has 2 saturated heterocycles. The minimum Gasteiger partial charge on any atom is -0.497 e. The van der Waals surface area contributed by atoms with Crippen LogP contribution in [0.4, 0.5) is 11.4 Å². The van der Waals surface area contributed by atoms with E-state index in [9.17, 15) is 14.7 Å². The average Bonchev–Trinajstić information content (AvgIpc) is 3.92. The van der Waals surface area contributed by atoms with Gasteiger partial charge in [-0.15, -0.1) is 0 Å². The van der Waals surface area contributed by atoms with Gasteiger partial charge in [-0.2, -0.15) is 0 Å². The fourth-order valence-electron chi connectivity index (χ4n) is 9.36. The molecule has 0 aliphatic carbocycles. The van der Waals surface area contributed by atoms with Crippen LogP contribution in [0.1, 0.15) is 42.9 Å². The third-order valence-electron chi connectivity index (χ3n) is 12.3. The first-order valence-corrected chi connectivity index (χ1v) is 23.0. The lowest BCUT2D eigenvalue weighted by molar-refractivity contribution is -0.150. The summed E-state index contributed by atoms with van der Waals surface area (Å²) in [5, 5.41) is 17.5. The van der Waals surface area contributed by atoms with Crippen LogP contribution in [0.5, 0.6) is 11.5 Å². The van der Waals surface area contributed by atoms with Gasteiger partial charge in [-0.25, -0.2) is 0 Å². The number of aliphatic hydroxyl groups is 1. The molecule has 5 atom stereocenters. The molecule has 1 spiro atoms. The third-order valence-corrected chi connectivity index (χ3v) is 16.6. The highest BCUT2D eigenvalue weighted by molar-refractivity contribution is 6.91. The highest BCUT2D eigenvalue weighted by atomic mass is 28.3. The molecule has 0 bridgehead atoms. The summed E-state index contributed by atoms with van der Waals surface area (Å²) in [6.07, 6.45) is 1.19. The smallest absolute Gasteiger partial charge is 0.264 e. The van der Waals surface area contributed by atoms with E-state index < -0.39 is 19.8 Å². The molecule has 0 unspecified atom stereocenters. The molecule has 3 aliphatic rings. The highest BCUT2D eigenvalue weighted by Crippen LogP contribution is 2.60. The second-order valence-corrected chi connectivity index (χ2v) is 20.7. The summed E-state index contributed by atoms with van der Waals surface area (Å²) in [5.74, 6) is 0.605. The molecule has 7 rings (SSSR count). The maximum atomic E-state index is 15.4. The fraction of sp³-hybridized carbons (Fsp3) is 0.400. The van der Waals surface area contributed by atoms with E-state index in [0.29, 0.717) is 23.5 Å². The van der Waals surface area contributed by atoms with E-state index in [2.05, 4.69) is 42.8 Å². The SMILES string of the molecule is COc1ccc([Si](C)(C)[C@@H]2[C@@H](CC(=O)N(CCO)Cc3ccccc3)O[C@]3(C(=O)N(Cc4cccc(NC(=O)[C@H]5CCCN5)c4)c4ccc(OC)cc43)[C@H]2C)cc1. The van der Waals surface area contributed by atoms with Gasteiger partial charge < -0.3 is 39.8 Å². The Kier molecular flexibility index (Phi) is 11.9. The van der Waals surface area contributed by atoms with Crippen LogP contribution in [-0.4, -0.2) is 81.9 Å². The molecule has 0 radical (unpaired) electrons. The van der Waals surface area contributed by atoms with Gasteiger partial charge in [-0.3, -0.25) is 14.4 Å². The molecule has 300 valence electrons. The Morgan fingerprint density at radius 2 is 1.68 bits per heavy atom. The maximum Gasteiger partial charge on any atom is 0.264 e. The van der Waals surface area contributed by atoms with Gasteiger partial charge in [0.15, 0.2) is 5.60 Å². The predicted octanol–water partition coefficient (Wildman–Crippen LogP) is 5.57. The predicted molar refractivity (Wildman–Crippen MR) is 223 cm³/mol. The number of hydrogen-bond donors (Lipinski definition) is 3. The van der Waals surface area contributed by atoms with Crippen molar-refractivity contribution in [2.45, 2.75) is 75.7 Å². The van der Waals surface area contributed by atoms with Crippen LogP contribution in [0.2, 0.25) is 18.6 Å². The fourth-order valence-corrected chi connectivity index (χ4v) is 13.4. The van der Waals surface area contributed by atoms with Crippen LogP contribution in [0.3, 0.4) is 0 Å². The Labute approximate surface area is 336 Å². The molecule has 57 heavy (non-hydrogen) atoms. The number of rotatable bonds is 14. The number of aliphatic hydroxyl groups excluding tert-OH is 1. The van der Waals surface area contributed by atoms with Crippen molar-refractivity contribution in [2.24, 2.45) is 5.92 Å². The Balaban J connectivity index is 1.26. The van der Waals surface area contributed by atoms with Crippen molar-refractivity contribution in [3.63, 3.8) is 0 Å². The lowest BCUT2D eigenvalue weighted by Gasteiger charge is -2.37. The molecule has 0 saturated carbocycles. The van der Waals surface area contributed by atoms with Gasteiger partial charge in [0, 0.05) is 30.3 Å². The zero-order chi connectivity index (χ0) is 40.3. The summed E-state index contributed by atoms with van der Waals surface area (Å²) in [6, 6.07) is 31.0. The molecule has 3 aliphatic heterocycles. The Morgan fingerprint density at radius 1 is 0.965 bits per heavy atom. The number of carbonyl (C=O) groups excluding carboxylic acids is 3.